The van der Waals surface area contributed by atoms with Crippen molar-refractivity contribution in [3.05, 3.63) is 41.0 Å². The number of aryl methyl sites for hydroxylation is 3. The zero-order valence-electron chi connectivity index (χ0n) is 15.6. The van der Waals surface area contributed by atoms with Gasteiger partial charge in [-0.1, -0.05) is 29.8 Å². The second kappa shape index (κ2) is 9.17. The van der Waals surface area contributed by atoms with Crippen LogP contribution in [0.1, 0.15) is 36.0 Å². The van der Waals surface area contributed by atoms with Crippen molar-refractivity contribution in [3.63, 3.8) is 0 Å². The maximum absolute atomic E-state index is 12.1. The Morgan fingerprint density at radius 3 is 2.38 bits per heavy atom. The summed E-state index contributed by atoms with van der Waals surface area (Å²) in [5, 5.41) is 5.28. The highest BCUT2D eigenvalue weighted by atomic mass is 16.5. The van der Waals surface area contributed by atoms with Crippen LogP contribution in [0.25, 0.3) is 0 Å². The Labute approximate surface area is 154 Å². The molecule has 1 atom stereocenters. The van der Waals surface area contributed by atoms with E-state index in [9.17, 15) is 14.4 Å². The molecule has 0 heterocycles. The molecule has 1 aromatic rings. The van der Waals surface area contributed by atoms with Gasteiger partial charge < -0.3 is 15.4 Å². The lowest BCUT2D eigenvalue weighted by Crippen LogP contribution is -2.36. The number of esters is 1. The molecule has 0 spiro atoms. The van der Waals surface area contributed by atoms with Gasteiger partial charge in [0.05, 0.1) is 12.5 Å². The van der Waals surface area contributed by atoms with Crippen LogP contribution >= 0.6 is 0 Å². The van der Waals surface area contributed by atoms with Gasteiger partial charge in [0.1, 0.15) is 0 Å². The van der Waals surface area contributed by atoms with Crippen molar-refractivity contribution in [2.45, 2.75) is 40.0 Å². The number of rotatable bonds is 6. The molecule has 0 fully saturated rings. The molecule has 0 unspecified atom stereocenters. The molecule has 26 heavy (non-hydrogen) atoms. The highest BCUT2D eigenvalue weighted by Crippen LogP contribution is 2.21. The number of ether oxygens (including phenoxy) is 1. The monoisotopic (exact) mass is 358 g/mol. The van der Waals surface area contributed by atoms with Crippen LogP contribution in [0.3, 0.4) is 0 Å². The first-order chi connectivity index (χ1) is 12.4. The molecule has 2 N–H and O–H groups in total. The van der Waals surface area contributed by atoms with Gasteiger partial charge in [0.15, 0.2) is 6.61 Å². The first-order valence-electron chi connectivity index (χ1n) is 8.83. The van der Waals surface area contributed by atoms with Crippen LogP contribution in [0.2, 0.25) is 0 Å². The predicted molar refractivity (Wildman–Crippen MR) is 99.7 cm³/mol. The van der Waals surface area contributed by atoms with Crippen LogP contribution in [0.4, 0.5) is 5.69 Å². The van der Waals surface area contributed by atoms with Gasteiger partial charge in [-0.25, -0.2) is 0 Å². The van der Waals surface area contributed by atoms with Crippen molar-refractivity contribution in [2.75, 3.05) is 18.5 Å². The SMILES string of the molecule is Cc1cc(C)c(NC(=O)CNC(=O)COC(=O)[C@@H]2CC=CCC2)c(C)c1. The van der Waals surface area contributed by atoms with E-state index in [4.69, 9.17) is 4.74 Å². The molecule has 2 rings (SSSR count). The van der Waals surface area contributed by atoms with Crippen molar-refractivity contribution >= 4 is 23.5 Å². The number of anilines is 1. The summed E-state index contributed by atoms with van der Waals surface area (Å²) in [6, 6.07) is 3.97. The largest absolute Gasteiger partial charge is 0.455 e. The molecule has 6 heteroatoms. The van der Waals surface area contributed by atoms with Crippen LogP contribution < -0.4 is 10.6 Å². The molecule has 2 amide bonds. The second-order valence-corrected chi connectivity index (χ2v) is 6.69. The number of carbonyl (C=O) groups is 3. The van der Waals surface area contributed by atoms with Crippen molar-refractivity contribution in [1.29, 1.82) is 0 Å². The van der Waals surface area contributed by atoms with Crippen LogP contribution in [0.15, 0.2) is 24.3 Å². The Morgan fingerprint density at radius 1 is 1.08 bits per heavy atom. The van der Waals surface area contributed by atoms with E-state index in [1.165, 1.54) is 0 Å². The summed E-state index contributed by atoms with van der Waals surface area (Å²) in [6.45, 7) is 5.31. The van der Waals surface area contributed by atoms with Gasteiger partial charge in [0.2, 0.25) is 5.91 Å². The van der Waals surface area contributed by atoms with Gasteiger partial charge in [0.25, 0.3) is 5.91 Å². The van der Waals surface area contributed by atoms with E-state index >= 15 is 0 Å². The fourth-order valence-electron chi connectivity index (χ4n) is 3.05. The Balaban J connectivity index is 1.74. The quantitative estimate of drug-likeness (QED) is 0.605. The number of benzene rings is 1. The minimum absolute atomic E-state index is 0.171. The van der Waals surface area contributed by atoms with E-state index in [1.54, 1.807) is 0 Å². The number of hydrogen-bond donors (Lipinski definition) is 2. The predicted octanol–water partition coefficient (Wildman–Crippen LogP) is 2.57. The third kappa shape index (κ3) is 5.72. The lowest BCUT2D eigenvalue weighted by atomic mass is 9.95. The number of allylic oxidation sites excluding steroid dienone is 2. The molecule has 140 valence electrons. The molecule has 1 aliphatic carbocycles. The molecule has 0 saturated carbocycles. The van der Waals surface area contributed by atoms with Crippen molar-refractivity contribution in [1.82, 2.24) is 5.32 Å². The number of hydrogen-bond acceptors (Lipinski definition) is 4. The summed E-state index contributed by atoms with van der Waals surface area (Å²) in [7, 11) is 0. The van der Waals surface area contributed by atoms with E-state index in [0.29, 0.717) is 6.42 Å². The molecule has 1 aromatic carbocycles. The Bertz CT molecular complexity index is 702. The van der Waals surface area contributed by atoms with Crippen molar-refractivity contribution < 1.29 is 19.1 Å². The first kappa shape index (κ1) is 19.7. The molecule has 0 aromatic heterocycles. The Morgan fingerprint density at radius 2 is 1.77 bits per heavy atom. The topological polar surface area (TPSA) is 84.5 Å². The van der Waals surface area contributed by atoms with Gasteiger partial charge in [-0.2, -0.15) is 0 Å². The minimum atomic E-state index is -0.489. The van der Waals surface area contributed by atoms with Crippen LogP contribution in [-0.2, 0) is 19.1 Å². The third-order valence-corrected chi connectivity index (χ3v) is 4.34. The molecular weight excluding hydrogens is 332 g/mol. The van der Waals surface area contributed by atoms with E-state index in [-0.39, 0.29) is 30.9 Å². The molecule has 0 bridgehead atoms. The van der Waals surface area contributed by atoms with E-state index in [2.05, 4.69) is 10.6 Å². The average Bonchev–Trinajstić information content (AvgIpc) is 2.61. The maximum Gasteiger partial charge on any atom is 0.309 e. The molecule has 0 radical (unpaired) electrons. The zero-order chi connectivity index (χ0) is 19.1. The van der Waals surface area contributed by atoms with Gasteiger partial charge in [-0.3, -0.25) is 14.4 Å². The van der Waals surface area contributed by atoms with Crippen LogP contribution in [-0.4, -0.2) is 30.9 Å². The lowest BCUT2D eigenvalue weighted by Gasteiger charge is -2.16. The molecule has 6 nitrogen and oxygen atoms in total. The van der Waals surface area contributed by atoms with Gasteiger partial charge >= 0.3 is 5.97 Å². The summed E-state index contributed by atoms with van der Waals surface area (Å²) in [4.78, 5) is 35.7. The summed E-state index contributed by atoms with van der Waals surface area (Å²) < 4.78 is 5.03. The van der Waals surface area contributed by atoms with E-state index in [1.807, 2.05) is 45.1 Å². The third-order valence-electron chi connectivity index (χ3n) is 4.34. The van der Waals surface area contributed by atoms with Crippen LogP contribution in [0.5, 0.6) is 0 Å². The average molecular weight is 358 g/mol. The number of amides is 2. The molecular formula is C20H26N2O4. The summed E-state index contributed by atoms with van der Waals surface area (Å²) in [5.74, 6) is -1.35. The molecule has 1 aliphatic rings. The summed E-state index contributed by atoms with van der Waals surface area (Å²) >= 11 is 0. The first-order valence-corrected chi connectivity index (χ1v) is 8.83. The minimum Gasteiger partial charge on any atom is -0.455 e. The fourth-order valence-corrected chi connectivity index (χ4v) is 3.05. The van der Waals surface area contributed by atoms with Gasteiger partial charge in [-0.05, 0) is 51.2 Å². The van der Waals surface area contributed by atoms with E-state index < -0.39 is 5.91 Å². The summed E-state index contributed by atoms with van der Waals surface area (Å²) in [5.41, 5.74) is 3.82. The normalized spacial score (nSPS) is 16.0. The Hall–Kier alpha value is -2.63. The lowest BCUT2D eigenvalue weighted by molar-refractivity contribution is -0.152. The smallest absolute Gasteiger partial charge is 0.309 e. The van der Waals surface area contributed by atoms with Gasteiger partial charge in [0, 0.05) is 5.69 Å². The van der Waals surface area contributed by atoms with Crippen molar-refractivity contribution in [2.24, 2.45) is 5.92 Å². The zero-order valence-corrected chi connectivity index (χ0v) is 15.6. The molecule has 0 aliphatic heterocycles. The Kier molecular flexibility index (Phi) is 6.95. The number of carbonyl (C=O) groups excluding carboxylic acids is 3. The van der Waals surface area contributed by atoms with Gasteiger partial charge in [-0.15, -0.1) is 0 Å². The van der Waals surface area contributed by atoms with E-state index in [0.717, 1.165) is 35.2 Å². The second-order valence-electron chi connectivity index (χ2n) is 6.69. The highest BCUT2D eigenvalue weighted by Gasteiger charge is 2.21. The fraction of sp³-hybridized carbons (Fsp3) is 0.450. The van der Waals surface area contributed by atoms with Crippen molar-refractivity contribution in [3.8, 4) is 0 Å². The standard InChI is InChI=1S/C20H26N2O4/c1-13-9-14(2)19(15(3)10-13)22-17(23)11-21-18(24)12-26-20(25)16-7-5-4-6-8-16/h4-5,9-10,16H,6-8,11-12H2,1-3H3,(H,21,24)(H,22,23)/t16-/m1/s1. The highest BCUT2D eigenvalue weighted by molar-refractivity contribution is 5.96. The number of nitrogens with one attached hydrogen (secondary N) is 2. The summed E-state index contributed by atoms with van der Waals surface area (Å²) in [6.07, 6.45) is 6.23. The maximum atomic E-state index is 12.1. The molecule has 0 saturated heterocycles. The van der Waals surface area contributed by atoms with Crippen LogP contribution in [0, 0.1) is 26.7 Å².